The molecular formula is C7H14N2O. The highest BCUT2D eigenvalue weighted by molar-refractivity contribution is 4.64. The lowest BCUT2D eigenvalue weighted by Crippen LogP contribution is -1.84. The summed E-state index contributed by atoms with van der Waals surface area (Å²) < 4.78 is 4.83. The van der Waals surface area contributed by atoms with Crippen molar-refractivity contribution in [3.63, 3.8) is 0 Å². The molecule has 3 heteroatoms. The van der Waals surface area contributed by atoms with Gasteiger partial charge in [-0.3, -0.25) is 0 Å². The number of imidazole rings is 1. The summed E-state index contributed by atoms with van der Waals surface area (Å²) in [7, 11) is 0. The Kier molecular flexibility index (Phi) is 7.49. The SMILES string of the molecule is CCOCC.c1c[nH]cn1. The van der Waals surface area contributed by atoms with Gasteiger partial charge in [0.15, 0.2) is 0 Å². The van der Waals surface area contributed by atoms with E-state index in [0.29, 0.717) is 0 Å². The van der Waals surface area contributed by atoms with Crippen molar-refractivity contribution in [2.75, 3.05) is 13.2 Å². The fourth-order valence-electron chi connectivity index (χ4n) is 0.419. The lowest BCUT2D eigenvalue weighted by atomic mass is 10.8. The first kappa shape index (κ1) is 9.17. The summed E-state index contributed by atoms with van der Waals surface area (Å²) in [5.41, 5.74) is 0. The maximum atomic E-state index is 4.83. The number of hydrogen-bond donors (Lipinski definition) is 1. The van der Waals surface area contributed by atoms with Gasteiger partial charge in [0.25, 0.3) is 0 Å². The summed E-state index contributed by atoms with van der Waals surface area (Å²) in [5.74, 6) is 0. The van der Waals surface area contributed by atoms with Crippen LogP contribution in [0, 0.1) is 0 Å². The Labute approximate surface area is 61.4 Å². The predicted octanol–water partition coefficient (Wildman–Crippen LogP) is 1.45. The number of rotatable bonds is 2. The average Bonchev–Trinajstić information content (AvgIpc) is 2.44. The molecule has 1 aromatic rings. The number of aromatic amines is 1. The van der Waals surface area contributed by atoms with E-state index in [1.165, 1.54) is 0 Å². The minimum absolute atomic E-state index is 0.844. The molecule has 0 aliphatic rings. The summed E-state index contributed by atoms with van der Waals surface area (Å²) in [6, 6.07) is 0. The maximum absolute atomic E-state index is 4.83. The zero-order chi connectivity index (χ0) is 7.66. The van der Waals surface area contributed by atoms with Crippen LogP contribution in [0.1, 0.15) is 13.8 Å². The van der Waals surface area contributed by atoms with Crippen LogP contribution in [0.5, 0.6) is 0 Å². The van der Waals surface area contributed by atoms with Crippen molar-refractivity contribution in [1.29, 1.82) is 0 Å². The molecule has 0 aromatic carbocycles. The highest BCUT2D eigenvalue weighted by Gasteiger charge is 1.64. The second-order valence-electron chi connectivity index (χ2n) is 1.54. The Hall–Kier alpha value is -0.830. The first-order valence-corrected chi connectivity index (χ1v) is 3.42. The van der Waals surface area contributed by atoms with Crippen molar-refractivity contribution in [3.05, 3.63) is 18.7 Å². The molecule has 0 saturated carbocycles. The Morgan fingerprint density at radius 1 is 1.40 bits per heavy atom. The molecule has 0 fully saturated rings. The van der Waals surface area contributed by atoms with Gasteiger partial charge in [-0.05, 0) is 13.8 Å². The van der Waals surface area contributed by atoms with Gasteiger partial charge < -0.3 is 9.72 Å². The second-order valence-corrected chi connectivity index (χ2v) is 1.54. The summed E-state index contributed by atoms with van der Waals surface area (Å²) in [6.07, 6.45) is 5.08. The van der Waals surface area contributed by atoms with Gasteiger partial charge in [-0.25, -0.2) is 4.98 Å². The first-order valence-electron chi connectivity index (χ1n) is 3.42. The summed E-state index contributed by atoms with van der Waals surface area (Å²) in [6.45, 7) is 5.67. The molecule has 0 unspecified atom stereocenters. The van der Waals surface area contributed by atoms with Crippen LogP contribution in [0.15, 0.2) is 18.7 Å². The van der Waals surface area contributed by atoms with Crippen molar-refractivity contribution < 1.29 is 4.74 Å². The quantitative estimate of drug-likeness (QED) is 0.678. The van der Waals surface area contributed by atoms with E-state index in [2.05, 4.69) is 9.97 Å². The molecule has 0 radical (unpaired) electrons. The van der Waals surface area contributed by atoms with Crippen LogP contribution in [-0.4, -0.2) is 23.2 Å². The number of H-pyrrole nitrogens is 1. The molecule has 0 aliphatic carbocycles. The minimum atomic E-state index is 0.844. The third kappa shape index (κ3) is 7.17. The largest absolute Gasteiger partial charge is 0.382 e. The van der Waals surface area contributed by atoms with E-state index >= 15 is 0 Å². The zero-order valence-corrected chi connectivity index (χ0v) is 6.50. The first-order chi connectivity index (χ1) is 4.91. The van der Waals surface area contributed by atoms with Gasteiger partial charge in [0.05, 0.1) is 6.33 Å². The molecule has 0 saturated heterocycles. The minimum Gasteiger partial charge on any atom is -0.382 e. The van der Waals surface area contributed by atoms with Crippen LogP contribution in [0.3, 0.4) is 0 Å². The van der Waals surface area contributed by atoms with Gasteiger partial charge in [0, 0.05) is 25.6 Å². The summed E-state index contributed by atoms with van der Waals surface area (Å²) in [5, 5.41) is 0. The van der Waals surface area contributed by atoms with Gasteiger partial charge in [-0.15, -0.1) is 0 Å². The lowest BCUT2D eigenvalue weighted by Gasteiger charge is -1.86. The Bertz CT molecular complexity index is 97.9. The van der Waals surface area contributed by atoms with Gasteiger partial charge in [-0.1, -0.05) is 0 Å². The molecule has 0 amide bonds. The van der Waals surface area contributed by atoms with E-state index in [-0.39, 0.29) is 0 Å². The van der Waals surface area contributed by atoms with Crippen molar-refractivity contribution in [2.45, 2.75) is 13.8 Å². The monoisotopic (exact) mass is 142 g/mol. The molecule has 1 rings (SSSR count). The van der Waals surface area contributed by atoms with E-state index < -0.39 is 0 Å². The Balaban J connectivity index is 0.000000162. The molecule has 58 valence electrons. The van der Waals surface area contributed by atoms with Crippen molar-refractivity contribution in [1.82, 2.24) is 9.97 Å². The van der Waals surface area contributed by atoms with Crippen LogP contribution >= 0.6 is 0 Å². The van der Waals surface area contributed by atoms with Crippen LogP contribution in [0.25, 0.3) is 0 Å². The maximum Gasteiger partial charge on any atom is 0.0919 e. The Morgan fingerprint density at radius 3 is 2.20 bits per heavy atom. The lowest BCUT2D eigenvalue weighted by molar-refractivity contribution is 0.162. The molecule has 0 atom stereocenters. The molecule has 3 nitrogen and oxygen atoms in total. The van der Waals surface area contributed by atoms with Gasteiger partial charge >= 0.3 is 0 Å². The molecule has 10 heavy (non-hydrogen) atoms. The fraction of sp³-hybridized carbons (Fsp3) is 0.571. The highest BCUT2D eigenvalue weighted by Crippen LogP contribution is 1.64. The molecule has 0 bridgehead atoms. The van der Waals surface area contributed by atoms with Gasteiger partial charge in [0.2, 0.25) is 0 Å². The smallest absolute Gasteiger partial charge is 0.0919 e. The van der Waals surface area contributed by atoms with Crippen LogP contribution in [-0.2, 0) is 4.74 Å². The number of aromatic nitrogens is 2. The van der Waals surface area contributed by atoms with E-state index in [4.69, 9.17) is 4.74 Å². The fourth-order valence-corrected chi connectivity index (χ4v) is 0.419. The van der Waals surface area contributed by atoms with Crippen LogP contribution in [0.4, 0.5) is 0 Å². The van der Waals surface area contributed by atoms with Crippen molar-refractivity contribution >= 4 is 0 Å². The van der Waals surface area contributed by atoms with E-state index in [0.717, 1.165) is 13.2 Å². The predicted molar refractivity (Wildman–Crippen MR) is 40.8 cm³/mol. The zero-order valence-electron chi connectivity index (χ0n) is 6.50. The van der Waals surface area contributed by atoms with E-state index in [1.54, 1.807) is 18.7 Å². The van der Waals surface area contributed by atoms with Crippen molar-refractivity contribution in [2.24, 2.45) is 0 Å². The average molecular weight is 142 g/mol. The normalized spacial score (nSPS) is 8.20. The van der Waals surface area contributed by atoms with E-state index in [9.17, 15) is 0 Å². The summed E-state index contributed by atoms with van der Waals surface area (Å²) in [4.78, 5) is 6.42. The molecule has 1 N–H and O–H groups in total. The van der Waals surface area contributed by atoms with Crippen molar-refractivity contribution in [3.8, 4) is 0 Å². The topological polar surface area (TPSA) is 37.9 Å². The molecular weight excluding hydrogens is 128 g/mol. The highest BCUT2D eigenvalue weighted by atomic mass is 16.5. The standard InChI is InChI=1S/C4H10O.C3H4N2/c1-3-5-4-2;1-2-5-3-4-1/h3-4H2,1-2H3;1-3H,(H,4,5). The number of nitrogens with one attached hydrogen (secondary N) is 1. The molecule has 1 heterocycles. The third-order valence-electron chi connectivity index (χ3n) is 0.814. The number of hydrogen-bond acceptors (Lipinski definition) is 2. The molecule has 1 aromatic heterocycles. The van der Waals surface area contributed by atoms with Gasteiger partial charge in [0.1, 0.15) is 0 Å². The van der Waals surface area contributed by atoms with E-state index in [1.807, 2.05) is 13.8 Å². The third-order valence-corrected chi connectivity index (χ3v) is 0.814. The second kappa shape index (κ2) is 8.17. The van der Waals surface area contributed by atoms with Crippen LogP contribution in [0.2, 0.25) is 0 Å². The number of ether oxygens (including phenoxy) is 1. The molecule has 0 spiro atoms. The molecule has 0 aliphatic heterocycles. The van der Waals surface area contributed by atoms with Crippen LogP contribution < -0.4 is 0 Å². The summed E-state index contributed by atoms with van der Waals surface area (Å²) >= 11 is 0. The Morgan fingerprint density at radius 2 is 2.10 bits per heavy atom. The number of nitrogens with zero attached hydrogens (tertiary/aromatic N) is 1. The van der Waals surface area contributed by atoms with Gasteiger partial charge in [-0.2, -0.15) is 0 Å².